The number of ether oxygens (including phenoxy) is 1. The summed E-state index contributed by atoms with van der Waals surface area (Å²) in [5.41, 5.74) is 0. The molecule has 1 saturated heterocycles. The lowest BCUT2D eigenvalue weighted by Gasteiger charge is -2.30. The fraction of sp³-hybridized carbons (Fsp3) is 0.846. The number of piperidine rings is 1. The first-order chi connectivity index (χ1) is 8.45. The van der Waals surface area contributed by atoms with Gasteiger partial charge in [0.1, 0.15) is 5.92 Å². The Morgan fingerprint density at radius 2 is 1.83 bits per heavy atom. The first-order valence-electron chi connectivity index (χ1n) is 6.52. The summed E-state index contributed by atoms with van der Waals surface area (Å²) < 4.78 is 4.69. The third-order valence-corrected chi connectivity index (χ3v) is 3.47. The Bertz CT molecular complexity index is 297. The summed E-state index contributed by atoms with van der Waals surface area (Å²) in [6.45, 7) is 5.68. The van der Waals surface area contributed by atoms with E-state index in [4.69, 9.17) is 4.74 Å². The molecule has 1 unspecified atom stereocenters. The predicted molar refractivity (Wildman–Crippen MR) is 69.0 cm³/mol. The molecule has 1 heterocycles. The number of nitrogens with zero attached hydrogens (tertiary/aromatic N) is 1. The normalized spacial score (nSPS) is 19.6. The van der Waals surface area contributed by atoms with Gasteiger partial charge in [-0.3, -0.25) is 9.59 Å². The molecule has 1 amide bonds. The molecule has 18 heavy (non-hydrogen) atoms. The van der Waals surface area contributed by atoms with Crippen LogP contribution in [0.15, 0.2) is 0 Å². The Kier molecular flexibility index (Phi) is 5.59. The Labute approximate surface area is 109 Å². The lowest BCUT2D eigenvalue weighted by molar-refractivity contribution is -0.152. The van der Waals surface area contributed by atoms with Crippen molar-refractivity contribution in [1.29, 1.82) is 0 Å². The van der Waals surface area contributed by atoms with E-state index in [1.165, 1.54) is 7.11 Å². The van der Waals surface area contributed by atoms with Crippen LogP contribution < -0.4 is 5.32 Å². The minimum Gasteiger partial charge on any atom is -0.468 e. The maximum atomic E-state index is 12.1. The highest BCUT2D eigenvalue weighted by Gasteiger charge is 2.32. The molecule has 1 aliphatic heterocycles. The van der Waals surface area contributed by atoms with Gasteiger partial charge in [-0.25, -0.2) is 0 Å². The van der Waals surface area contributed by atoms with Gasteiger partial charge in [0.15, 0.2) is 0 Å². The van der Waals surface area contributed by atoms with Gasteiger partial charge in [0.2, 0.25) is 5.91 Å². The fourth-order valence-corrected chi connectivity index (χ4v) is 2.25. The van der Waals surface area contributed by atoms with Crippen molar-refractivity contribution in [3.8, 4) is 0 Å². The molecular weight excluding hydrogens is 232 g/mol. The molecule has 1 atom stereocenters. The molecule has 0 spiro atoms. The van der Waals surface area contributed by atoms with Crippen molar-refractivity contribution in [2.45, 2.75) is 32.7 Å². The van der Waals surface area contributed by atoms with Crippen LogP contribution in [0.3, 0.4) is 0 Å². The zero-order chi connectivity index (χ0) is 13.7. The van der Waals surface area contributed by atoms with Gasteiger partial charge in [0, 0.05) is 6.04 Å². The summed E-state index contributed by atoms with van der Waals surface area (Å²) in [4.78, 5) is 25.9. The number of carbonyl (C=O) groups excluding carboxylic acids is 2. The molecule has 0 aromatic heterocycles. The number of nitrogens with one attached hydrogen (secondary N) is 1. The fourth-order valence-electron chi connectivity index (χ4n) is 2.25. The summed E-state index contributed by atoms with van der Waals surface area (Å²) in [5, 5.41) is 2.97. The number of carbonyl (C=O) groups is 2. The van der Waals surface area contributed by atoms with Crippen molar-refractivity contribution in [2.24, 2.45) is 11.8 Å². The average molecular weight is 256 g/mol. The van der Waals surface area contributed by atoms with E-state index >= 15 is 0 Å². The minimum atomic E-state index is -0.699. The second kappa shape index (κ2) is 6.73. The summed E-state index contributed by atoms with van der Waals surface area (Å²) in [6.07, 6.45) is 1.88. The van der Waals surface area contributed by atoms with Gasteiger partial charge in [-0.2, -0.15) is 0 Å². The Hall–Kier alpha value is -1.10. The monoisotopic (exact) mass is 256 g/mol. The molecule has 0 aromatic carbocycles. The van der Waals surface area contributed by atoms with Crippen molar-refractivity contribution in [1.82, 2.24) is 10.2 Å². The minimum absolute atomic E-state index is 0.0521. The molecule has 0 aliphatic carbocycles. The van der Waals surface area contributed by atoms with Gasteiger partial charge in [-0.05, 0) is 38.9 Å². The molecule has 1 rings (SSSR count). The molecule has 0 radical (unpaired) electrons. The SMILES string of the molecule is COC(=O)C(C(=O)NC1CCN(C)CC1)C(C)C. The van der Waals surface area contributed by atoms with Crippen molar-refractivity contribution in [3.63, 3.8) is 0 Å². The molecule has 1 aliphatic rings. The smallest absolute Gasteiger partial charge is 0.318 e. The van der Waals surface area contributed by atoms with Crippen LogP contribution in [-0.4, -0.2) is 50.1 Å². The number of likely N-dealkylation sites (tertiary alicyclic amines) is 1. The number of esters is 1. The van der Waals surface area contributed by atoms with E-state index in [1.54, 1.807) is 0 Å². The van der Waals surface area contributed by atoms with Crippen molar-refractivity contribution >= 4 is 11.9 Å². The highest BCUT2D eigenvalue weighted by molar-refractivity contribution is 5.98. The van der Waals surface area contributed by atoms with Crippen LogP contribution in [-0.2, 0) is 14.3 Å². The summed E-state index contributed by atoms with van der Waals surface area (Å²) >= 11 is 0. The van der Waals surface area contributed by atoms with Gasteiger partial charge in [-0.1, -0.05) is 13.8 Å². The first kappa shape index (κ1) is 15.0. The molecule has 0 saturated carbocycles. The largest absolute Gasteiger partial charge is 0.468 e. The zero-order valence-electron chi connectivity index (χ0n) is 11.7. The quantitative estimate of drug-likeness (QED) is 0.592. The maximum absolute atomic E-state index is 12.1. The third-order valence-electron chi connectivity index (χ3n) is 3.47. The van der Waals surface area contributed by atoms with Gasteiger partial charge < -0.3 is 15.0 Å². The van der Waals surface area contributed by atoms with Gasteiger partial charge in [0.25, 0.3) is 0 Å². The maximum Gasteiger partial charge on any atom is 0.318 e. The van der Waals surface area contributed by atoms with Crippen LogP contribution in [0.4, 0.5) is 0 Å². The summed E-state index contributed by atoms with van der Waals surface area (Å²) in [5.74, 6) is -1.40. The second-order valence-electron chi connectivity index (χ2n) is 5.33. The number of hydrogen-bond acceptors (Lipinski definition) is 4. The molecule has 1 fully saturated rings. The van der Waals surface area contributed by atoms with Gasteiger partial charge in [-0.15, -0.1) is 0 Å². The van der Waals surface area contributed by atoms with Crippen LogP contribution >= 0.6 is 0 Å². The zero-order valence-corrected chi connectivity index (χ0v) is 11.7. The predicted octanol–water partition coefficient (Wildman–Crippen LogP) is 0.642. The second-order valence-corrected chi connectivity index (χ2v) is 5.33. The lowest BCUT2D eigenvalue weighted by atomic mass is 9.94. The average Bonchev–Trinajstić information content (AvgIpc) is 2.31. The number of methoxy groups -OCH3 is 1. The van der Waals surface area contributed by atoms with Crippen LogP contribution in [0.25, 0.3) is 0 Å². The van der Waals surface area contributed by atoms with E-state index in [1.807, 2.05) is 13.8 Å². The standard InChI is InChI=1S/C13H24N2O3/c1-9(2)11(13(17)18-4)12(16)14-10-5-7-15(3)8-6-10/h9-11H,5-8H2,1-4H3,(H,14,16). The number of rotatable bonds is 4. The highest BCUT2D eigenvalue weighted by Crippen LogP contribution is 2.15. The van der Waals surface area contributed by atoms with E-state index in [0.29, 0.717) is 0 Å². The molecule has 0 aromatic rings. The highest BCUT2D eigenvalue weighted by atomic mass is 16.5. The molecular formula is C13H24N2O3. The van der Waals surface area contributed by atoms with Crippen LogP contribution in [0.1, 0.15) is 26.7 Å². The number of amides is 1. The molecule has 1 N–H and O–H groups in total. The van der Waals surface area contributed by atoms with Crippen LogP contribution in [0.2, 0.25) is 0 Å². The molecule has 0 bridgehead atoms. The Morgan fingerprint density at radius 3 is 2.28 bits per heavy atom. The van der Waals surface area contributed by atoms with Crippen molar-refractivity contribution in [3.05, 3.63) is 0 Å². The molecule has 5 nitrogen and oxygen atoms in total. The molecule has 5 heteroatoms. The van der Waals surface area contributed by atoms with Gasteiger partial charge in [0.05, 0.1) is 7.11 Å². The summed E-state index contributed by atoms with van der Waals surface area (Å²) in [6, 6.07) is 0.180. The third kappa shape index (κ3) is 3.98. The Morgan fingerprint density at radius 1 is 1.28 bits per heavy atom. The Balaban J connectivity index is 2.54. The van der Waals surface area contributed by atoms with Gasteiger partial charge >= 0.3 is 5.97 Å². The van der Waals surface area contributed by atoms with E-state index in [0.717, 1.165) is 25.9 Å². The van der Waals surface area contributed by atoms with Crippen LogP contribution in [0.5, 0.6) is 0 Å². The number of hydrogen-bond donors (Lipinski definition) is 1. The van der Waals surface area contributed by atoms with Crippen LogP contribution in [0, 0.1) is 11.8 Å². The first-order valence-corrected chi connectivity index (χ1v) is 6.52. The topological polar surface area (TPSA) is 58.6 Å². The van der Waals surface area contributed by atoms with Crippen molar-refractivity contribution in [2.75, 3.05) is 27.2 Å². The van der Waals surface area contributed by atoms with E-state index < -0.39 is 11.9 Å². The summed E-state index contributed by atoms with van der Waals surface area (Å²) in [7, 11) is 3.39. The molecule has 104 valence electrons. The lowest BCUT2D eigenvalue weighted by Crippen LogP contribution is -2.47. The van der Waals surface area contributed by atoms with E-state index in [9.17, 15) is 9.59 Å². The van der Waals surface area contributed by atoms with E-state index in [-0.39, 0.29) is 17.9 Å². The van der Waals surface area contributed by atoms with E-state index in [2.05, 4.69) is 17.3 Å². The van der Waals surface area contributed by atoms with Crippen molar-refractivity contribution < 1.29 is 14.3 Å².